The number of amides is 1. The van der Waals surface area contributed by atoms with Gasteiger partial charge in [0.15, 0.2) is 0 Å². The highest BCUT2D eigenvalue weighted by molar-refractivity contribution is 5.85. The first kappa shape index (κ1) is 13.0. The van der Waals surface area contributed by atoms with Gasteiger partial charge in [-0.25, -0.2) is 0 Å². The van der Waals surface area contributed by atoms with E-state index in [2.05, 4.69) is 11.4 Å². The van der Waals surface area contributed by atoms with E-state index in [1.165, 1.54) is 0 Å². The van der Waals surface area contributed by atoms with E-state index in [-0.39, 0.29) is 5.91 Å². The Morgan fingerprint density at radius 1 is 1.44 bits per heavy atom. The van der Waals surface area contributed by atoms with Crippen molar-refractivity contribution in [3.63, 3.8) is 0 Å². The number of unbranched alkanes of at least 4 members (excludes halogenated alkanes) is 1. The summed E-state index contributed by atoms with van der Waals surface area (Å²) in [6.07, 6.45) is 5.26. The van der Waals surface area contributed by atoms with Crippen LogP contribution in [-0.2, 0) is 9.53 Å². The van der Waals surface area contributed by atoms with Crippen LogP contribution in [0.4, 0.5) is 0 Å². The summed E-state index contributed by atoms with van der Waals surface area (Å²) in [6, 6.07) is 2.19. The standard InChI is InChI=1S/C12H20N2O2/c1-16-9-5-4-8-14-11(15)12(10-13)6-2-3-7-12/h2-9H2,1H3,(H,14,15). The van der Waals surface area contributed by atoms with Crippen LogP contribution in [0.5, 0.6) is 0 Å². The van der Waals surface area contributed by atoms with Gasteiger partial charge in [0, 0.05) is 20.3 Å². The van der Waals surface area contributed by atoms with Gasteiger partial charge in [0.2, 0.25) is 5.91 Å². The summed E-state index contributed by atoms with van der Waals surface area (Å²) in [6.45, 7) is 1.37. The van der Waals surface area contributed by atoms with Gasteiger partial charge in [-0.15, -0.1) is 0 Å². The van der Waals surface area contributed by atoms with Gasteiger partial charge in [0.05, 0.1) is 6.07 Å². The largest absolute Gasteiger partial charge is 0.385 e. The van der Waals surface area contributed by atoms with Gasteiger partial charge in [-0.1, -0.05) is 12.8 Å². The molecule has 4 nitrogen and oxygen atoms in total. The number of hydrogen-bond acceptors (Lipinski definition) is 3. The Morgan fingerprint density at radius 2 is 2.12 bits per heavy atom. The molecule has 0 radical (unpaired) electrons. The molecule has 1 fully saturated rings. The van der Waals surface area contributed by atoms with Crippen LogP contribution >= 0.6 is 0 Å². The highest BCUT2D eigenvalue weighted by atomic mass is 16.5. The van der Waals surface area contributed by atoms with E-state index in [9.17, 15) is 4.79 Å². The van der Waals surface area contributed by atoms with E-state index >= 15 is 0 Å². The van der Waals surface area contributed by atoms with Crippen LogP contribution in [0.3, 0.4) is 0 Å². The fourth-order valence-corrected chi connectivity index (χ4v) is 2.11. The fraction of sp³-hybridized carbons (Fsp3) is 0.833. The highest BCUT2D eigenvalue weighted by Gasteiger charge is 2.41. The zero-order valence-corrected chi connectivity index (χ0v) is 9.92. The molecule has 0 aromatic heterocycles. The first-order chi connectivity index (χ1) is 7.75. The van der Waals surface area contributed by atoms with Crippen LogP contribution in [-0.4, -0.2) is 26.2 Å². The SMILES string of the molecule is COCCCCNC(=O)C1(C#N)CCCC1. The minimum absolute atomic E-state index is 0.0788. The average molecular weight is 224 g/mol. The number of carbonyl (C=O) groups excluding carboxylic acids is 1. The first-order valence-electron chi connectivity index (χ1n) is 5.94. The lowest BCUT2D eigenvalue weighted by atomic mass is 9.87. The van der Waals surface area contributed by atoms with Crippen LogP contribution in [0, 0.1) is 16.7 Å². The van der Waals surface area contributed by atoms with Crippen LogP contribution < -0.4 is 5.32 Å². The molecule has 0 aromatic carbocycles. The molecule has 4 heteroatoms. The monoisotopic (exact) mass is 224 g/mol. The second kappa shape index (κ2) is 6.49. The third-order valence-electron chi connectivity index (χ3n) is 3.17. The number of ether oxygens (including phenoxy) is 1. The van der Waals surface area contributed by atoms with Gasteiger partial charge < -0.3 is 10.1 Å². The molecule has 16 heavy (non-hydrogen) atoms. The highest BCUT2D eigenvalue weighted by Crippen LogP contribution is 2.37. The lowest BCUT2D eigenvalue weighted by Gasteiger charge is -2.19. The van der Waals surface area contributed by atoms with Crippen molar-refractivity contribution >= 4 is 5.91 Å². The zero-order chi connectivity index (χ0) is 11.9. The van der Waals surface area contributed by atoms with E-state index in [0.717, 1.165) is 32.3 Å². The van der Waals surface area contributed by atoms with E-state index in [0.29, 0.717) is 19.4 Å². The molecule has 0 spiro atoms. The molecule has 1 N–H and O–H groups in total. The van der Waals surface area contributed by atoms with Crippen molar-refractivity contribution in [3.05, 3.63) is 0 Å². The van der Waals surface area contributed by atoms with Crippen molar-refractivity contribution in [2.24, 2.45) is 5.41 Å². The smallest absolute Gasteiger partial charge is 0.240 e. The molecule has 1 rings (SSSR count). The third kappa shape index (κ3) is 3.21. The van der Waals surface area contributed by atoms with E-state index in [4.69, 9.17) is 10.00 Å². The maximum absolute atomic E-state index is 11.9. The fourth-order valence-electron chi connectivity index (χ4n) is 2.11. The Bertz CT molecular complexity index is 265. The molecule has 0 atom stereocenters. The molecule has 1 saturated carbocycles. The van der Waals surface area contributed by atoms with E-state index < -0.39 is 5.41 Å². The molecule has 0 bridgehead atoms. The van der Waals surface area contributed by atoms with Crippen molar-refractivity contribution in [3.8, 4) is 6.07 Å². The lowest BCUT2D eigenvalue weighted by Crippen LogP contribution is -2.38. The summed E-state index contributed by atoms with van der Waals surface area (Å²) in [4.78, 5) is 11.9. The molecule has 0 aliphatic heterocycles. The lowest BCUT2D eigenvalue weighted by molar-refractivity contribution is -0.127. The number of nitrogens with one attached hydrogen (secondary N) is 1. The number of hydrogen-bond donors (Lipinski definition) is 1. The Balaban J connectivity index is 2.26. The zero-order valence-electron chi connectivity index (χ0n) is 9.92. The van der Waals surface area contributed by atoms with Crippen molar-refractivity contribution in [1.82, 2.24) is 5.32 Å². The Labute approximate surface area is 97.0 Å². The molecule has 0 unspecified atom stereocenters. The summed E-state index contributed by atoms with van der Waals surface area (Å²) in [5, 5.41) is 12.0. The normalized spacial score (nSPS) is 18.0. The molecule has 0 saturated heterocycles. The van der Waals surface area contributed by atoms with Crippen LogP contribution in [0.15, 0.2) is 0 Å². The second-order valence-electron chi connectivity index (χ2n) is 4.36. The number of carbonyl (C=O) groups is 1. The molecular formula is C12H20N2O2. The maximum Gasteiger partial charge on any atom is 0.240 e. The van der Waals surface area contributed by atoms with Crippen molar-refractivity contribution in [2.45, 2.75) is 38.5 Å². The minimum Gasteiger partial charge on any atom is -0.385 e. The molecular weight excluding hydrogens is 204 g/mol. The predicted octanol–water partition coefficient (Wildman–Crippen LogP) is 1.61. The van der Waals surface area contributed by atoms with Crippen LogP contribution in [0.1, 0.15) is 38.5 Å². The minimum atomic E-state index is -0.735. The van der Waals surface area contributed by atoms with Gasteiger partial charge in [0.25, 0.3) is 0 Å². The van der Waals surface area contributed by atoms with Crippen LogP contribution in [0.2, 0.25) is 0 Å². The molecule has 90 valence electrons. The number of rotatable bonds is 6. The summed E-state index contributed by atoms with van der Waals surface area (Å²) in [5.74, 6) is -0.0788. The van der Waals surface area contributed by atoms with E-state index in [1.54, 1.807) is 7.11 Å². The average Bonchev–Trinajstić information content (AvgIpc) is 2.78. The third-order valence-corrected chi connectivity index (χ3v) is 3.17. The molecule has 1 amide bonds. The quantitative estimate of drug-likeness (QED) is 0.697. The topological polar surface area (TPSA) is 62.1 Å². The van der Waals surface area contributed by atoms with Gasteiger partial charge >= 0.3 is 0 Å². The molecule has 1 aliphatic rings. The number of methoxy groups -OCH3 is 1. The van der Waals surface area contributed by atoms with Gasteiger partial charge in [-0.3, -0.25) is 4.79 Å². The van der Waals surface area contributed by atoms with Crippen molar-refractivity contribution in [1.29, 1.82) is 5.26 Å². The summed E-state index contributed by atoms with van der Waals surface area (Å²) < 4.78 is 4.92. The second-order valence-corrected chi connectivity index (χ2v) is 4.36. The molecule has 1 aliphatic carbocycles. The van der Waals surface area contributed by atoms with Gasteiger partial charge in [-0.2, -0.15) is 5.26 Å². The summed E-state index contributed by atoms with van der Waals surface area (Å²) in [7, 11) is 1.67. The molecule has 0 heterocycles. The summed E-state index contributed by atoms with van der Waals surface area (Å²) in [5.41, 5.74) is -0.735. The Hall–Kier alpha value is -1.08. The number of nitrogens with zero attached hydrogens (tertiary/aromatic N) is 1. The van der Waals surface area contributed by atoms with Crippen LogP contribution in [0.25, 0.3) is 0 Å². The first-order valence-corrected chi connectivity index (χ1v) is 5.94. The van der Waals surface area contributed by atoms with Gasteiger partial charge in [-0.05, 0) is 25.7 Å². The number of nitriles is 1. The summed E-state index contributed by atoms with van der Waals surface area (Å²) >= 11 is 0. The Kier molecular flexibility index (Phi) is 5.27. The molecule has 0 aromatic rings. The Morgan fingerprint density at radius 3 is 2.69 bits per heavy atom. The van der Waals surface area contributed by atoms with Crippen molar-refractivity contribution in [2.75, 3.05) is 20.3 Å². The maximum atomic E-state index is 11.9. The van der Waals surface area contributed by atoms with Gasteiger partial charge in [0.1, 0.15) is 5.41 Å². The van der Waals surface area contributed by atoms with E-state index in [1.807, 2.05) is 0 Å². The van der Waals surface area contributed by atoms with Crippen molar-refractivity contribution < 1.29 is 9.53 Å². The predicted molar refractivity (Wildman–Crippen MR) is 60.6 cm³/mol.